The van der Waals surface area contributed by atoms with Crippen molar-refractivity contribution in [3.63, 3.8) is 0 Å². The normalized spacial score (nSPS) is 14.7. The lowest BCUT2D eigenvalue weighted by molar-refractivity contribution is 0.628. The van der Waals surface area contributed by atoms with Gasteiger partial charge in [0.2, 0.25) is 0 Å². The van der Waals surface area contributed by atoms with Gasteiger partial charge < -0.3 is 5.32 Å². The van der Waals surface area contributed by atoms with Gasteiger partial charge in [0.1, 0.15) is 10.8 Å². The van der Waals surface area contributed by atoms with Crippen LogP contribution in [0.2, 0.25) is 5.02 Å². The topological polar surface area (TPSA) is 24.9 Å². The van der Waals surface area contributed by atoms with Gasteiger partial charge in [-0.15, -0.1) is 11.3 Å². The van der Waals surface area contributed by atoms with E-state index >= 15 is 0 Å². The third-order valence-electron chi connectivity index (χ3n) is 2.77. The Morgan fingerprint density at radius 3 is 3.06 bits per heavy atom. The zero-order valence-electron chi connectivity index (χ0n) is 8.96. The number of benzene rings is 1. The van der Waals surface area contributed by atoms with Crippen LogP contribution in [0.4, 0.5) is 4.39 Å². The molecule has 17 heavy (non-hydrogen) atoms. The highest BCUT2D eigenvalue weighted by Crippen LogP contribution is 2.31. The van der Waals surface area contributed by atoms with Crippen LogP contribution in [0.1, 0.15) is 10.6 Å². The Balaban J connectivity index is 2.03. The molecule has 88 valence electrons. The van der Waals surface area contributed by atoms with Gasteiger partial charge in [0.15, 0.2) is 0 Å². The predicted molar refractivity (Wildman–Crippen MR) is 67.9 cm³/mol. The third kappa shape index (κ3) is 2.08. The molecule has 5 heteroatoms. The van der Waals surface area contributed by atoms with Crippen molar-refractivity contribution in [2.24, 2.45) is 0 Å². The molecule has 0 saturated heterocycles. The van der Waals surface area contributed by atoms with E-state index in [9.17, 15) is 4.39 Å². The van der Waals surface area contributed by atoms with Gasteiger partial charge in [0.25, 0.3) is 0 Å². The summed E-state index contributed by atoms with van der Waals surface area (Å²) in [5.74, 6) is -0.390. The van der Waals surface area contributed by atoms with Crippen molar-refractivity contribution in [1.82, 2.24) is 10.3 Å². The second kappa shape index (κ2) is 4.37. The first-order valence-corrected chi connectivity index (χ1v) is 6.58. The zero-order valence-corrected chi connectivity index (χ0v) is 10.5. The van der Waals surface area contributed by atoms with Crippen molar-refractivity contribution in [3.8, 4) is 10.6 Å². The van der Waals surface area contributed by atoms with Crippen LogP contribution in [0.15, 0.2) is 18.2 Å². The maximum absolute atomic E-state index is 13.1. The fourth-order valence-electron chi connectivity index (χ4n) is 1.88. The minimum absolute atomic E-state index is 0.147. The molecule has 1 aromatic carbocycles. The van der Waals surface area contributed by atoms with Gasteiger partial charge in [-0.1, -0.05) is 11.6 Å². The van der Waals surface area contributed by atoms with E-state index in [1.54, 1.807) is 23.5 Å². The van der Waals surface area contributed by atoms with Crippen molar-refractivity contribution >= 4 is 22.9 Å². The Morgan fingerprint density at radius 1 is 1.41 bits per heavy atom. The summed E-state index contributed by atoms with van der Waals surface area (Å²) in [6.07, 6.45) is 0.959. The number of fused-ring (bicyclic) bond motifs is 1. The molecule has 0 fully saturated rings. The van der Waals surface area contributed by atoms with Crippen LogP contribution in [0.3, 0.4) is 0 Å². The maximum atomic E-state index is 13.1. The van der Waals surface area contributed by atoms with Crippen LogP contribution >= 0.6 is 22.9 Å². The number of nitrogens with one attached hydrogen (secondary N) is 1. The van der Waals surface area contributed by atoms with E-state index in [-0.39, 0.29) is 5.02 Å². The number of halogens is 2. The summed E-state index contributed by atoms with van der Waals surface area (Å²) < 4.78 is 13.1. The molecule has 1 aromatic heterocycles. The molecule has 2 heterocycles. The molecule has 1 aliphatic heterocycles. The largest absolute Gasteiger partial charge is 0.311 e. The SMILES string of the molecule is Fc1ccc(-c2nc3c(s2)CNCC3)cc1Cl. The van der Waals surface area contributed by atoms with E-state index in [0.29, 0.717) is 0 Å². The summed E-state index contributed by atoms with van der Waals surface area (Å²) in [6, 6.07) is 4.74. The molecule has 1 aliphatic rings. The summed E-state index contributed by atoms with van der Waals surface area (Å²) in [5.41, 5.74) is 2.04. The number of nitrogens with zero attached hydrogens (tertiary/aromatic N) is 1. The summed E-state index contributed by atoms with van der Waals surface area (Å²) in [5, 5.41) is 4.37. The van der Waals surface area contributed by atoms with Gasteiger partial charge in [-0.2, -0.15) is 0 Å². The summed E-state index contributed by atoms with van der Waals surface area (Å²) >= 11 is 7.43. The second-order valence-corrected chi connectivity index (χ2v) is 5.44. The minimum atomic E-state index is -0.390. The molecule has 0 saturated carbocycles. The van der Waals surface area contributed by atoms with Crippen LogP contribution in [0.25, 0.3) is 10.6 Å². The molecule has 0 atom stereocenters. The van der Waals surface area contributed by atoms with Gasteiger partial charge in [0.05, 0.1) is 10.7 Å². The lowest BCUT2D eigenvalue weighted by Gasteiger charge is -2.09. The Hall–Kier alpha value is -0.970. The maximum Gasteiger partial charge on any atom is 0.141 e. The van der Waals surface area contributed by atoms with Crippen LogP contribution in [0, 0.1) is 5.82 Å². The minimum Gasteiger partial charge on any atom is -0.311 e. The third-order valence-corrected chi connectivity index (χ3v) is 4.21. The van der Waals surface area contributed by atoms with Gasteiger partial charge >= 0.3 is 0 Å². The molecule has 0 bridgehead atoms. The average Bonchev–Trinajstić information content (AvgIpc) is 2.76. The summed E-state index contributed by atoms with van der Waals surface area (Å²) in [6.45, 7) is 1.85. The number of rotatable bonds is 1. The molecule has 2 nitrogen and oxygen atoms in total. The molecular weight excluding hydrogens is 259 g/mol. The van der Waals surface area contributed by atoms with Gasteiger partial charge in [-0.05, 0) is 18.2 Å². The van der Waals surface area contributed by atoms with Crippen LogP contribution in [0.5, 0.6) is 0 Å². The molecule has 2 aromatic rings. The average molecular weight is 269 g/mol. The Bertz CT molecular complexity index is 544. The Morgan fingerprint density at radius 2 is 2.29 bits per heavy atom. The van der Waals surface area contributed by atoms with Crippen LogP contribution in [-0.4, -0.2) is 11.5 Å². The first kappa shape index (κ1) is 11.1. The second-order valence-electron chi connectivity index (χ2n) is 3.94. The molecule has 0 radical (unpaired) electrons. The first-order valence-electron chi connectivity index (χ1n) is 5.39. The van der Waals surface area contributed by atoms with E-state index in [1.165, 1.54) is 10.9 Å². The van der Waals surface area contributed by atoms with Crippen molar-refractivity contribution in [2.75, 3.05) is 6.54 Å². The van der Waals surface area contributed by atoms with Gasteiger partial charge in [0, 0.05) is 30.0 Å². The quantitative estimate of drug-likeness (QED) is 0.859. The predicted octanol–water partition coefficient (Wildman–Crippen LogP) is 3.25. The highest BCUT2D eigenvalue weighted by molar-refractivity contribution is 7.15. The lowest BCUT2D eigenvalue weighted by atomic mass is 10.2. The Labute approximate surface area is 107 Å². The highest BCUT2D eigenvalue weighted by atomic mass is 35.5. The molecule has 0 aliphatic carbocycles. The van der Waals surface area contributed by atoms with Crippen molar-refractivity contribution in [2.45, 2.75) is 13.0 Å². The smallest absolute Gasteiger partial charge is 0.141 e. The van der Waals surface area contributed by atoms with Crippen LogP contribution < -0.4 is 5.32 Å². The zero-order chi connectivity index (χ0) is 11.8. The Kier molecular flexibility index (Phi) is 2.86. The van der Waals surface area contributed by atoms with Crippen molar-refractivity contribution in [1.29, 1.82) is 0 Å². The van der Waals surface area contributed by atoms with Gasteiger partial charge in [-0.3, -0.25) is 0 Å². The molecule has 1 N–H and O–H groups in total. The fraction of sp³-hybridized carbons (Fsp3) is 0.250. The van der Waals surface area contributed by atoms with Crippen LogP contribution in [-0.2, 0) is 13.0 Å². The standard InChI is InChI=1S/C12H10ClFN2S/c13-8-5-7(1-2-9(8)14)12-16-10-3-4-15-6-11(10)17-12/h1-2,5,15H,3-4,6H2. The highest BCUT2D eigenvalue weighted by Gasteiger charge is 2.16. The van der Waals surface area contributed by atoms with E-state index in [4.69, 9.17) is 11.6 Å². The lowest BCUT2D eigenvalue weighted by Crippen LogP contribution is -2.22. The molecule has 0 unspecified atom stereocenters. The first-order chi connectivity index (χ1) is 8.24. The van der Waals surface area contributed by atoms with Crippen molar-refractivity contribution < 1.29 is 4.39 Å². The molecular formula is C12H10ClFN2S. The molecule has 3 rings (SSSR count). The van der Waals surface area contributed by atoms with E-state index in [0.717, 1.165) is 35.8 Å². The van der Waals surface area contributed by atoms with Crippen molar-refractivity contribution in [3.05, 3.63) is 39.6 Å². The molecule has 0 spiro atoms. The fourth-order valence-corrected chi connectivity index (χ4v) is 3.13. The number of aromatic nitrogens is 1. The molecule has 0 amide bonds. The summed E-state index contributed by atoms with van der Waals surface area (Å²) in [7, 11) is 0. The number of hydrogen-bond acceptors (Lipinski definition) is 3. The van der Waals surface area contributed by atoms with E-state index < -0.39 is 5.82 Å². The van der Waals surface area contributed by atoms with E-state index in [2.05, 4.69) is 10.3 Å². The number of hydrogen-bond donors (Lipinski definition) is 1. The van der Waals surface area contributed by atoms with E-state index in [1.807, 2.05) is 0 Å². The summed E-state index contributed by atoms with van der Waals surface area (Å²) in [4.78, 5) is 5.86. The monoisotopic (exact) mass is 268 g/mol. The van der Waals surface area contributed by atoms with Gasteiger partial charge in [-0.25, -0.2) is 9.37 Å². The number of thiazole rings is 1.